The van der Waals surface area contributed by atoms with E-state index >= 15 is 0 Å². The quantitative estimate of drug-likeness (QED) is 0.782. The molecular formula is C19H20N2O4. The Morgan fingerprint density at radius 1 is 1.20 bits per heavy atom. The van der Waals surface area contributed by atoms with Crippen molar-refractivity contribution in [1.29, 1.82) is 0 Å². The van der Waals surface area contributed by atoms with Gasteiger partial charge in [-0.1, -0.05) is 6.92 Å². The number of rotatable bonds is 5. The van der Waals surface area contributed by atoms with Gasteiger partial charge in [0, 0.05) is 24.4 Å². The zero-order chi connectivity index (χ0) is 18.0. The van der Waals surface area contributed by atoms with Crippen molar-refractivity contribution in [2.24, 2.45) is 0 Å². The Labute approximate surface area is 145 Å². The molecule has 6 heteroatoms. The third kappa shape index (κ3) is 3.47. The number of hydrogen-bond acceptors (Lipinski definition) is 4. The lowest BCUT2D eigenvalue weighted by Crippen LogP contribution is -2.39. The molecule has 1 aromatic heterocycles. The molecule has 6 nitrogen and oxygen atoms in total. The molecule has 3 rings (SSSR count). The third-order valence-electron chi connectivity index (χ3n) is 4.14. The van der Waals surface area contributed by atoms with Crippen molar-refractivity contribution < 1.29 is 14.3 Å². The lowest BCUT2D eigenvalue weighted by Gasteiger charge is -2.29. The zero-order valence-corrected chi connectivity index (χ0v) is 14.3. The lowest BCUT2D eigenvalue weighted by atomic mass is 10.1. The van der Waals surface area contributed by atoms with Crippen LogP contribution in [0.4, 0.5) is 5.69 Å². The highest BCUT2D eigenvalue weighted by molar-refractivity contribution is 6.01. The van der Waals surface area contributed by atoms with Gasteiger partial charge in [-0.25, -0.2) is 0 Å². The fraction of sp³-hybridized carbons (Fsp3) is 0.316. The van der Waals surface area contributed by atoms with Gasteiger partial charge in [0.2, 0.25) is 0 Å². The second-order valence-electron chi connectivity index (χ2n) is 6.11. The van der Waals surface area contributed by atoms with Gasteiger partial charge in [-0.15, -0.1) is 0 Å². The molecule has 130 valence electrons. The molecule has 0 N–H and O–H groups in total. The normalized spacial score (nSPS) is 13.4. The number of hydrogen-bond donors (Lipinski definition) is 0. The van der Waals surface area contributed by atoms with Crippen molar-refractivity contribution >= 4 is 17.4 Å². The third-order valence-corrected chi connectivity index (χ3v) is 4.14. The molecule has 0 atom stereocenters. The molecule has 2 aromatic rings. The summed E-state index contributed by atoms with van der Waals surface area (Å²) in [6.07, 6.45) is 2.42. The van der Waals surface area contributed by atoms with Gasteiger partial charge in [0.05, 0.1) is 12.2 Å². The predicted octanol–water partition coefficient (Wildman–Crippen LogP) is 2.18. The molecule has 0 fully saturated rings. The minimum Gasteiger partial charge on any atom is -0.482 e. The number of carbonyl (C=O) groups excluding carboxylic acids is 2. The van der Waals surface area contributed by atoms with Crippen LogP contribution < -0.4 is 15.2 Å². The van der Waals surface area contributed by atoms with E-state index in [2.05, 4.69) is 0 Å². The number of ether oxygens (including phenoxy) is 1. The van der Waals surface area contributed by atoms with E-state index in [-0.39, 0.29) is 30.4 Å². The molecule has 2 heterocycles. The van der Waals surface area contributed by atoms with E-state index in [1.165, 1.54) is 10.6 Å². The summed E-state index contributed by atoms with van der Waals surface area (Å²) >= 11 is 0. The molecule has 0 spiro atoms. The lowest BCUT2D eigenvalue weighted by molar-refractivity contribution is -0.121. The maximum atomic E-state index is 12.6. The topological polar surface area (TPSA) is 68.6 Å². The molecule has 0 saturated heterocycles. The molecule has 1 aliphatic heterocycles. The summed E-state index contributed by atoms with van der Waals surface area (Å²) in [6.45, 7) is 4.36. The molecule has 25 heavy (non-hydrogen) atoms. The van der Waals surface area contributed by atoms with E-state index in [9.17, 15) is 14.4 Å². The Balaban J connectivity index is 1.89. The van der Waals surface area contributed by atoms with Crippen LogP contribution in [0, 0.1) is 6.92 Å². The monoisotopic (exact) mass is 340 g/mol. The summed E-state index contributed by atoms with van der Waals surface area (Å²) in [7, 11) is 0. The molecule has 1 amide bonds. The van der Waals surface area contributed by atoms with E-state index in [1.807, 2.05) is 13.8 Å². The summed E-state index contributed by atoms with van der Waals surface area (Å²) in [5.41, 5.74) is 1.71. The molecule has 1 aromatic carbocycles. The maximum Gasteiger partial charge on any atom is 0.265 e. The summed E-state index contributed by atoms with van der Waals surface area (Å²) in [5.74, 6) is 0.286. The van der Waals surface area contributed by atoms with Crippen LogP contribution in [-0.4, -0.2) is 29.4 Å². The molecule has 0 radical (unpaired) electrons. The van der Waals surface area contributed by atoms with Crippen LogP contribution in [0.2, 0.25) is 0 Å². The van der Waals surface area contributed by atoms with E-state index in [4.69, 9.17) is 4.74 Å². The van der Waals surface area contributed by atoms with Crippen molar-refractivity contribution in [3.8, 4) is 5.75 Å². The van der Waals surface area contributed by atoms with Crippen LogP contribution in [0.25, 0.3) is 0 Å². The van der Waals surface area contributed by atoms with Crippen LogP contribution in [0.15, 0.2) is 41.3 Å². The number of Topliss-reactive ketones (excluding diaryl/α,β-unsaturated/α-hetero) is 1. The van der Waals surface area contributed by atoms with Crippen molar-refractivity contribution in [3.63, 3.8) is 0 Å². The molecule has 0 unspecified atom stereocenters. The van der Waals surface area contributed by atoms with Gasteiger partial charge in [-0.05, 0) is 43.2 Å². The molecule has 0 aliphatic carbocycles. The van der Waals surface area contributed by atoms with Gasteiger partial charge < -0.3 is 14.2 Å². The van der Waals surface area contributed by atoms with E-state index in [0.29, 0.717) is 23.5 Å². The van der Waals surface area contributed by atoms with Crippen LogP contribution in [-0.2, 0) is 11.3 Å². The number of anilines is 1. The van der Waals surface area contributed by atoms with Crippen LogP contribution in [0.3, 0.4) is 0 Å². The summed E-state index contributed by atoms with van der Waals surface area (Å²) in [4.78, 5) is 38.2. The Bertz CT molecular complexity index is 885. The number of nitrogens with zero attached hydrogens (tertiary/aromatic N) is 2. The Morgan fingerprint density at radius 3 is 2.72 bits per heavy atom. The second-order valence-corrected chi connectivity index (χ2v) is 6.11. The van der Waals surface area contributed by atoms with Crippen molar-refractivity contribution in [2.45, 2.75) is 26.8 Å². The molecule has 0 bridgehead atoms. The number of ketones is 1. The fourth-order valence-electron chi connectivity index (χ4n) is 2.83. The first-order valence-electron chi connectivity index (χ1n) is 8.27. The first kappa shape index (κ1) is 17.0. The van der Waals surface area contributed by atoms with E-state index in [0.717, 1.165) is 12.0 Å². The van der Waals surface area contributed by atoms with Gasteiger partial charge >= 0.3 is 0 Å². The van der Waals surface area contributed by atoms with Crippen molar-refractivity contribution in [3.05, 3.63) is 58.0 Å². The van der Waals surface area contributed by atoms with Gasteiger partial charge in [-0.2, -0.15) is 0 Å². The zero-order valence-electron chi connectivity index (χ0n) is 14.3. The number of carbonyl (C=O) groups is 2. The highest BCUT2D eigenvalue weighted by Crippen LogP contribution is 2.33. The first-order chi connectivity index (χ1) is 12.0. The molecule has 1 aliphatic rings. The van der Waals surface area contributed by atoms with Crippen LogP contribution >= 0.6 is 0 Å². The Hall–Kier alpha value is -2.89. The Kier molecular flexibility index (Phi) is 4.70. The second kappa shape index (κ2) is 6.93. The molecule has 0 saturated carbocycles. The maximum absolute atomic E-state index is 12.6. The van der Waals surface area contributed by atoms with Gasteiger partial charge in [0.1, 0.15) is 5.75 Å². The minimum atomic E-state index is -0.211. The van der Waals surface area contributed by atoms with Crippen LogP contribution in [0.5, 0.6) is 5.75 Å². The van der Waals surface area contributed by atoms with E-state index in [1.54, 1.807) is 35.4 Å². The summed E-state index contributed by atoms with van der Waals surface area (Å²) in [6, 6.07) is 8.33. The SMILES string of the molecule is CCCN1C(=O)COc2ccc(C(=O)Cn3ccc(C)cc3=O)cc21. The number of pyridine rings is 1. The van der Waals surface area contributed by atoms with Gasteiger partial charge in [0.25, 0.3) is 11.5 Å². The number of aryl methyl sites for hydroxylation is 1. The average molecular weight is 340 g/mol. The highest BCUT2D eigenvalue weighted by Gasteiger charge is 2.25. The van der Waals surface area contributed by atoms with Crippen LogP contribution in [0.1, 0.15) is 29.3 Å². The van der Waals surface area contributed by atoms with Gasteiger partial charge in [0.15, 0.2) is 12.4 Å². The number of benzene rings is 1. The minimum absolute atomic E-state index is 0.0129. The number of aromatic nitrogens is 1. The predicted molar refractivity (Wildman–Crippen MR) is 94.4 cm³/mol. The first-order valence-corrected chi connectivity index (χ1v) is 8.27. The number of fused-ring (bicyclic) bond motifs is 1. The Morgan fingerprint density at radius 2 is 2.00 bits per heavy atom. The fourth-order valence-corrected chi connectivity index (χ4v) is 2.83. The number of amides is 1. The summed E-state index contributed by atoms with van der Waals surface area (Å²) < 4.78 is 6.82. The highest BCUT2D eigenvalue weighted by atomic mass is 16.5. The van der Waals surface area contributed by atoms with Gasteiger partial charge in [-0.3, -0.25) is 14.4 Å². The van der Waals surface area contributed by atoms with Crippen molar-refractivity contribution in [2.75, 3.05) is 18.1 Å². The van der Waals surface area contributed by atoms with Crippen molar-refractivity contribution in [1.82, 2.24) is 4.57 Å². The standard InChI is InChI=1S/C19H20N2O4/c1-3-7-21-15-10-14(4-5-17(15)25-12-19(21)24)16(22)11-20-8-6-13(2)9-18(20)23/h4-6,8-10H,3,7,11-12H2,1-2H3. The smallest absolute Gasteiger partial charge is 0.265 e. The molecular weight excluding hydrogens is 320 g/mol. The van der Waals surface area contributed by atoms with E-state index < -0.39 is 0 Å². The summed E-state index contributed by atoms with van der Waals surface area (Å²) in [5, 5.41) is 0. The average Bonchev–Trinajstić information content (AvgIpc) is 2.59. The largest absolute Gasteiger partial charge is 0.482 e.